The van der Waals surface area contributed by atoms with Crippen LogP contribution in [0.2, 0.25) is 0 Å². The Balaban J connectivity index is 2.85. The molecule has 2 aromatic rings. The number of hydrogen-bond donors (Lipinski definition) is 1. The number of non-ortho nitro benzene ring substituents is 1. The quantitative estimate of drug-likeness (QED) is 0.402. The molecule has 1 heterocycles. The number of hydrogen-bond acceptors (Lipinski definition) is 5. The van der Waals surface area contributed by atoms with Gasteiger partial charge < -0.3 is 5.84 Å². The number of nitro groups is 1. The minimum Gasteiger partial charge on any atom is -0.335 e. The number of fused-ring (bicyclic) bond motifs is 1. The second-order valence-corrected chi connectivity index (χ2v) is 2.92. The highest BCUT2D eigenvalue weighted by Gasteiger charge is 2.09. The molecule has 7 nitrogen and oxygen atoms in total. The summed E-state index contributed by atoms with van der Waals surface area (Å²) in [4.78, 5) is 25.2. The van der Waals surface area contributed by atoms with Gasteiger partial charge in [0.25, 0.3) is 11.2 Å². The van der Waals surface area contributed by atoms with Crippen LogP contribution in [0.25, 0.3) is 10.9 Å². The molecule has 0 radical (unpaired) electrons. The van der Waals surface area contributed by atoms with Gasteiger partial charge in [-0.2, -0.15) is 0 Å². The molecule has 7 heteroatoms. The summed E-state index contributed by atoms with van der Waals surface area (Å²) in [5, 5.41) is 10.6. The van der Waals surface area contributed by atoms with Gasteiger partial charge in [-0.3, -0.25) is 14.9 Å². The predicted molar refractivity (Wildman–Crippen MR) is 52.8 cm³/mol. The molecule has 0 saturated heterocycles. The molecule has 0 saturated carbocycles. The van der Waals surface area contributed by atoms with Gasteiger partial charge in [0.15, 0.2) is 0 Å². The van der Waals surface area contributed by atoms with Crippen LogP contribution in [0.1, 0.15) is 0 Å². The average Bonchev–Trinajstić information content (AvgIpc) is 2.23. The first-order chi connectivity index (χ1) is 7.09. The maximum Gasteiger partial charge on any atom is 0.279 e. The predicted octanol–water partition coefficient (Wildman–Crippen LogP) is 0.0185. The normalized spacial score (nSPS) is 10.4. The number of nitrogen functional groups attached to an aromatic ring is 1. The fourth-order valence-electron chi connectivity index (χ4n) is 1.24. The minimum absolute atomic E-state index is 0.134. The average molecular weight is 206 g/mol. The molecular formula is C8H6N4O3. The summed E-state index contributed by atoms with van der Waals surface area (Å²) in [6, 6.07) is 3.86. The van der Waals surface area contributed by atoms with E-state index in [1.165, 1.54) is 12.1 Å². The molecule has 2 rings (SSSR count). The smallest absolute Gasteiger partial charge is 0.279 e. The summed E-state index contributed by atoms with van der Waals surface area (Å²) in [5.41, 5.74) is -0.288. The van der Waals surface area contributed by atoms with Gasteiger partial charge in [-0.1, -0.05) is 0 Å². The third-order valence-electron chi connectivity index (χ3n) is 1.98. The van der Waals surface area contributed by atoms with E-state index in [0.29, 0.717) is 5.52 Å². The Morgan fingerprint density at radius 2 is 2.20 bits per heavy atom. The summed E-state index contributed by atoms with van der Waals surface area (Å²) in [7, 11) is 0. The van der Waals surface area contributed by atoms with E-state index < -0.39 is 10.5 Å². The van der Waals surface area contributed by atoms with Crippen molar-refractivity contribution in [1.29, 1.82) is 0 Å². The Labute approximate surface area is 82.9 Å². The highest BCUT2D eigenvalue weighted by Crippen LogP contribution is 2.15. The van der Waals surface area contributed by atoms with Crippen molar-refractivity contribution >= 4 is 16.6 Å². The van der Waals surface area contributed by atoms with Crippen LogP contribution in [-0.4, -0.2) is 14.6 Å². The van der Waals surface area contributed by atoms with E-state index >= 15 is 0 Å². The molecule has 15 heavy (non-hydrogen) atoms. The largest absolute Gasteiger partial charge is 0.335 e. The molecule has 76 valence electrons. The standard InChI is InChI=1S/C8H6N4O3/c9-11-4-10-7-2-1-5(12(14)15)3-6(7)8(11)13/h1-4H,9H2. The molecule has 0 bridgehead atoms. The van der Waals surface area contributed by atoms with Crippen LogP contribution in [-0.2, 0) is 0 Å². The van der Waals surface area contributed by atoms with Crippen molar-refractivity contribution in [3.8, 4) is 0 Å². The molecular weight excluding hydrogens is 200 g/mol. The van der Waals surface area contributed by atoms with Gasteiger partial charge in [0.2, 0.25) is 0 Å². The highest BCUT2D eigenvalue weighted by molar-refractivity contribution is 5.79. The number of rotatable bonds is 1. The summed E-state index contributed by atoms with van der Waals surface area (Å²) in [5.74, 6) is 5.28. The van der Waals surface area contributed by atoms with Gasteiger partial charge in [-0.15, -0.1) is 0 Å². The zero-order chi connectivity index (χ0) is 11.0. The lowest BCUT2D eigenvalue weighted by atomic mass is 10.2. The second-order valence-electron chi connectivity index (χ2n) is 2.92. The molecule has 0 aliphatic heterocycles. The lowest BCUT2D eigenvalue weighted by molar-refractivity contribution is -0.384. The number of nitrogens with zero attached hydrogens (tertiary/aromatic N) is 3. The highest BCUT2D eigenvalue weighted by atomic mass is 16.6. The van der Waals surface area contributed by atoms with Gasteiger partial charge >= 0.3 is 0 Å². The van der Waals surface area contributed by atoms with Crippen molar-refractivity contribution in [1.82, 2.24) is 9.66 Å². The van der Waals surface area contributed by atoms with Crippen LogP contribution in [0.3, 0.4) is 0 Å². The monoisotopic (exact) mass is 206 g/mol. The first-order valence-electron chi connectivity index (χ1n) is 4.00. The Hall–Kier alpha value is -2.44. The molecule has 1 aromatic carbocycles. The van der Waals surface area contributed by atoms with E-state index in [-0.39, 0.29) is 11.1 Å². The Bertz CT molecular complexity index is 604. The van der Waals surface area contributed by atoms with Crippen molar-refractivity contribution in [2.75, 3.05) is 5.84 Å². The van der Waals surface area contributed by atoms with E-state index in [1.54, 1.807) is 0 Å². The van der Waals surface area contributed by atoms with Crippen molar-refractivity contribution in [3.05, 3.63) is 45.0 Å². The summed E-state index contributed by atoms with van der Waals surface area (Å²) in [6.07, 6.45) is 1.16. The maximum atomic E-state index is 11.5. The summed E-state index contributed by atoms with van der Waals surface area (Å²) in [6.45, 7) is 0. The van der Waals surface area contributed by atoms with Crippen LogP contribution >= 0.6 is 0 Å². The van der Waals surface area contributed by atoms with E-state index in [0.717, 1.165) is 17.1 Å². The lowest BCUT2D eigenvalue weighted by Crippen LogP contribution is -2.27. The second kappa shape index (κ2) is 3.05. The molecule has 0 aliphatic carbocycles. The van der Waals surface area contributed by atoms with Crippen LogP contribution in [0, 0.1) is 10.1 Å². The molecule has 2 N–H and O–H groups in total. The van der Waals surface area contributed by atoms with Gasteiger partial charge in [0.1, 0.15) is 6.33 Å². The van der Waals surface area contributed by atoms with Crippen LogP contribution < -0.4 is 11.4 Å². The molecule has 0 aliphatic rings. The SMILES string of the molecule is Nn1cnc2ccc([N+](=O)[O-])cc2c1=O. The van der Waals surface area contributed by atoms with Crippen molar-refractivity contribution in [2.45, 2.75) is 0 Å². The third-order valence-corrected chi connectivity index (χ3v) is 1.98. The molecule has 1 aromatic heterocycles. The lowest BCUT2D eigenvalue weighted by Gasteiger charge is -1.99. The van der Waals surface area contributed by atoms with Crippen molar-refractivity contribution in [2.24, 2.45) is 0 Å². The molecule has 0 atom stereocenters. The zero-order valence-electron chi connectivity index (χ0n) is 7.45. The van der Waals surface area contributed by atoms with Crippen LogP contribution in [0.4, 0.5) is 5.69 Å². The van der Waals surface area contributed by atoms with Gasteiger partial charge in [-0.05, 0) is 6.07 Å². The van der Waals surface area contributed by atoms with Crippen LogP contribution in [0.5, 0.6) is 0 Å². The van der Waals surface area contributed by atoms with Crippen molar-refractivity contribution in [3.63, 3.8) is 0 Å². The minimum atomic E-state index is -0.577. The van der Waals surface area contributed by atoms with Gasteiger partial charge in [0, 0.05) is 12.1 Å². The van der Waals surface area contributed by atoms with Crippen LogP contribution in [0.15, 0.2) is 29.3 Å². The molecule has 0 spiro atoms. The Morgan fingerprint density at radius 3 is 2.87 bits per heavy atom. The topological polar surface area (TPSA) is 104 Å². The fraction of sp³-hybridized carbons (Fsp3) is 0. The van der Waals surface area contributed by atoms with Gasteiger partial charge in [-0.25, -0.2) is 9.66 Å². The van der Waals surface area contributed by atoms with E-state index in [4.69, 9.17) is 5.84 Å². The molecule has 0 amide bonds. The Morgan fingerprint density at radius 1 is 1.47 bits per heavy atom. The molecule has 0 fully saturated rings. The first kappa shape index (κ1) is 9.13. The zero-order valence-corrected chi connectivity index (χ0v) is 7.45. The fourth-order valence-corrected chi connectivity index (χ4v) is 1.24. The summed E-state index contributed by atoms with van der Waals surface area (Å²) < 4.78 is 0.784. The van der Waals surface area contributed by atoms with E-state index in [9.17, 15) is 14.9 Å². The van der Waals surface area contributed by atoms with E-state index in [1.807, 2.05) is 0 Å². The number of nitro benzene ring substituents is 1. The number of aromatic nitrogens is 2. The maximum absolute atomic E-state index is 11.5. The molecule has 0 unspecified atom stereocenters. The Kier molecular flexibility index (Phi) is 1.86. The van der Waals surface area contributed by atoms with Gasteiger partial charge in [0.05, 0.1) is 15.8 Å². The third kappa shape index (κ3) is 1.39. The first-order valence-corrected chi connectivity index (χ1v) is 4.00. The van der Waals surface area contributed by atoms with Crippen molar-refractivity contribution < 1.29 is 4.92 Å². The number of benzene rings is 1. The van der Waals surface area contributed by atoms with E-state index in [2.05, 4.69) is 4.98 Å². The summed E-state index contributed by atoms with van der Waals surface area (Å²) >= 11 is 0. The number of nitrogens with two attached hydrogens (primary N) is 1.